The van der Waals surface area contributed by atoms with E-state index in [9.17, 15) is 4.79 Å². The molecular formula is C19H18N6O2S. The van der Waals surface area contributed by atoms with Crippen molar-refractivity contribution in [2.75, 3.05) is 12.4 Å². The fourth-order valence-corrected chi connectivity index (χ4v) is 3.67. The van der Waals surface area contributed by atoms with Crippen LogP contribution >= 0.6 is 11.8 Å². The second-order valence-electron chi connectivity index (χ2n) is 6.09. The zero-order valence-corrected chi connectivity index (χ0v) is 16.4. The molecule has 2 aromatic heterocycles. The molecule has 0 unspecified atom stereocenters. The molecule has 0 saturated carbocycles. The molecule has 0 aliphatic rings. The van der Waals surface area contributed by atoms with Crippen molar-refractivity contribution in [3.05, 3.63) is 54.1 Å². The van der Waals surface area contributed by atoms with Gasteiger partial charge in [0.2, 0.25) is 5.95 Å². The van der Waals surface area contributed by atoms with Gasteiger partial charge in [0.15, 0.2) is 0 Å². The first-order valence-electron chi connectivity index (χ1n) is 8.55. The molecule has 2 aromatic carbocycles. The van der Waals surface area contributed by atoms with Crippen molar-refractivity contribution >= 4 is 34.8 Å². The first-order chi connectivity index (χ1) is 13.5. The van der Waals surface area contributed by atoms with E-state index in [1.54, 1.807) is 11.8 Å². The van der Waals surface area contributed by atoms with E-state index in [4.69, 9.17) is 0 Å². The maximum absolute atomic E-state index is 11.3. The van der Waals surface area contributed by atoms with Crippen molar-refractivity contribution in [1.82, 2.24) is 24.7 Å². The van der Waals surface area contributed by atoms with Gasteiger partial charge in [-0.15, -0.1) is 0 Å². The maximum Gasteiger partial charge on any atom is 0.413 e. The van der Waals surface area contributed by atoms with Crippen LogP contribution in [0.1, 0.15) is 11.6 Å². The number of nitrogens with zero attached hydrogens (tertiary/aromatic N) is 4. The number of imidazole rings is 1. The lowest BCUT2D eigenvalue weighted by Crippen LogP contribution is -2.11. The topological polar surface area (TPSA) is 97.7 Å². The minimum Gasteiger partial charge on any atom is -0.453 e. The van der Waals surface area contributed by atoms with E-state index in [1.165, 1.54) is 7.11 Å². The Kier molecular flexibility index (Phi) is 4.74. The highest BCUT2D eigenvalue weighted by Crippen LogP contribution is 2.30. The summed E-state index contributed by atoms with van der Waals surface area (Å²) in [4.78, 5) is 25.2. The molecule has 0 aliphatic carbocycles. The van der Waals surface area contributed by atoms with Gasteiger partial charge in [0.1, 0.15) is 11.6 Å². The third-order valence-corrected chi connectivity index (χ3v) is 5.05. The third kappa shape index (κ3) is 3.70. The Morgan fingerprint density at radius 3 is 2.54 bits per heavy atom. The average Bonchev–Trinajstić information content (AvgIpc) is 3.23. The fourth-order valence-electron chi connectivity index (χ4n) is 2.82. The Hall–Kier alpha value is -3.33. The number of rotatable bonds is 4. The number of ether oxygens (including phenoxy) is 1. The molecule has 4 rings (SSSR count). The zero-order valence-electron chi connectivity index (χ0n) is 15.6. The molecule has 9 heteroatoms. The Morgan fingerprint density at radius 2 is 1.86 bits per heavy atom. The summed E-state index contributed by atoms with van der Waals surface area (Å²) in [5.41, 5.74) is 2.58. The third-order valence-electron chi connectivity index (χ3n) is 4.05. The highest BCUT2D eigenvalue weighted by atomic mass is 32.2. The zero-order chi connectivity index (χ0) is 19.7. The SMILES string of the molecule is COC(=O)Nc1nc2ccc(Sc3ccc(-n4nc(C)nc4C)cc3)cc2[nH]1. The molecule has 2 N–H and O–H groups in total. The molecule has 0 saturated heterocycles. The molecule has 0 radical (unpaired) electrons. The van der Waals surface area contributed by atoms with Crippen molar-refractivity contribution in [3.8, 4) is 5.69 Å². The molecule has 8 nitrogen and oxygen atoms in total. The van der Waals surface area contributed by atoms with E-state index in [0.717, 1.165) is 38.2 Å². The number of fused-ring (bicyclic) bond motifs is 1. The van der Waals surface area contributed by atoms with Gasteiger partial charge in [-0.2, -0.15) is 5.10 Å². The van der Waals surface area contributed by atoms with Crippen molar-refractivity contribution < 1.29 is 9.53 Å². The van der Waals surface area contributed by atoms with Gasteiger partial charge in [-0.05, 0) is 56.3 Å². The summed E-state index contributed by atoms with van der Waals surface area (Å²) in [7, 11) is 1.31. The average molecular weight is 394 g/mol. The lowest BCUT2D eigenvalue weighted by atomic mass is 10.3. The number of aromatic nitrogens is 5. The summed E-state index contributed by atoms with van der Waals surface area (Å²) in [5, 5.41) is 6.94. The first-order valence-corrected chi connectivity index (χ1v) is 9.37. The van der Waals surface area contributed by atoms with Gasteiger partial charge < -0.3 is 9.72 Å². The van der Waals surface area contributed by atoms with Crippen molar-refractivity contribution in [1.29, 1.82) is 0 Å². The van der Waals surface area contributed by atoms with Gasteiger partial charge in [-0.3, -0.25) is 5.32 Å². The quantitative estimate of drug-likeness (QED) is 0.541. The van der Waals surface area contributed by atoms with E-state index in [-0.39, 0.29) is 0 Å². The standard InChI is InChI=1S/C19H18N6O2S/c1-11-20-12(2)25(24-11)13-4-6-14(7-5-13)28-15-8-9-16-17(10-15)22-18(21-16)23-19(26)27-3/h4-10H,1-3H3,(H2,21,22,23,26). The Morgan fingerprint density at radius 1 is 1.11 bits per heavy atom. The Bertz CT molecular complexity index is 1150. The number of aromatic amines is 1. The highest BCUT2D eigenvalue weighted by molar-refractivity contribution is 7.99. The van der Waals surface area contributed by atoms with Crippen LogP contribution in [-0.4, -0.2) is 37.9 Å². The second kappa shape index (κ2) is 7.35. The maximum atomic E-state index is 11.3. The van der Waals surface area contributed by atoms with Gasteiger partial charge in [0, 0.05) is 9.79 Å². The molecule has 0 atom stereocenters. The largest absolute Gasteiger partial charge is 0.453 e. The first kappa shape index (κ1) is 18.1. The van der Waals surface area contributed by atoms with Crippen LogP contribution in [0.4, 0.5) is 10.7 Å². The minimum absolute atomic E-state index is 0.354. The number of H-pyrrole nitrogens is 1. The van der Waals surface area contributed by atoms with E-state index >= 15 is 0 Å². The number of carbonyl (C=O) groups is 1. The smallest absolute Gasteiger partial charge is 0.413 e. The molecule has 1 amide bonds. The second-order valence-corrected chi connectivity index (χ2v) is 7.24. The molecule has 4 aromatic rings. The highest BCUT2D eigenvalue weighted by Gasteiger charge is 2.09. The molecule has 0 spiro atoms. The van der Waals surface area contributed by atoms with Crippen LogP contribution in [0.5, 0.6) is 0 Å². The van der Waals surface area contributed by atoms with Gasteiger partial charge in [-0.1, -0.05) is 11.8 Å². The van der Waals surface area contributed by atoms with Gasteiger partial charge in [0.25, 0.3) is 0 Å². The van der Waals surface area contributed by atoms with E-state index in [1.807, 2.05) is 48.9 Å². The number of amides is 1. The van der Waals surface area contributed by atoms with Gasteiger partial charge in [-0.25, -0.2) is 19.4 Å². The Labute approximate surface area is 165 Å². The number of anilines is 1. The lowest BCUT2D eigenvalue weighted by molar-refractivity contribution is 0.186. The van der Waals surface area contributed by atoms with Crippen LogP contribution in [0.15, 0.2) is 52.3 Å². The summed E-state index contributed by atoms with van der Waals surface area (Å²) >= 11 is 1.64. The number of hydrogen-bond donors (Lipinski definition) is 2. The molecule has 2 heterocycles. The van der Waals surface area contributed by atoms with Crippen LogP contribution in [0.25, 0.3) is 16.7 Å². The van der Waals surface area contributed by atoms with Crippen LogP contribution in [0, 0.1) is 13.8 Å². The van der Waals surface area contributed by atoms with Crippen molar-refractivity contribution in [2.24, 2.45) is 0 Å². The molecule has 0 fully saturated rings. The fraction of sp³-hybridized carbons (Fsp3) is 0.158. The monoisotopic (exact) mass is 394 g/mol. The molecular weight excluding hydrogens is 376 g/mol. The molecule has 0 aliphatic heterocycles. The van der Waals surface area contributed by atoms with Crippen LogP contribution < -0.4 is 5.32 Å². The summed E-state index contributed by atoms with van der Waals surface area (Å²) < 4.78 is 6.41. The van der Waals surface area contributed by atoms with Crippen molar-refractivity contribution in [2.45, 2.75) is 23.6 Å². The van der Waals surface area contributed by atoms with Crippen LogP contribution in [0.2, 0.25) is 0 Å². The number of carbonyl (C=O) groups excluding carboxylic acids is 1. The summed E-state index contributed by atoms with van der Waals surface area (Å²) in [6, 6.07) is 14.1. The summed E-state index contributed by atoms with van der Waals surface area (Å²) in [6.45, 7) is 3.82. The summed E-state index contributed by atoms with van der Waals surface area (Å²) in [5.74, 6) is 1.97. The molecule has 28 heavy (non-hydrogen) atoms. The van der Waals surface area contributed by atoms with Gasteiger partial charge in [0.05, 0.1) is 23.8 Å². The predicted octanol–water partition coefficient (Wildman–Crippen LogP) is 4.09. The van der Waals surface area contributed by atoms with E-state index < -0.39 is 6.09 Å². The normalized spacial score (nSPS) is 11.0. The number of hydrogen-bond acceptors (Lipinski definition) is 6. The number of aryl methyl sites for hydroxylation is 2. The van der Waals surface area contributed by atoms with Crippen molar-refractivity contribution in [3.63, 3.8) is 0 Å². The minimum atomic E-state index is -0.563. The number of benzene rings is 2. The predicted molar refractivity (Wildman–Crippen MR) is 107 cm³/mol. The molecule has 142 valence electrons. The van der Waals surface area contributed by atoms with Crippen LogP contribution in [-0.2, 0) is 4.74 Å². The van der Waals surface area contributed by atoms with Gasteiger partial charge >= 0.3 is 6.09 Å². The van der Waals surface area contributed by atoms with Crippen LogP contribution in [0.3, 0.4) is 0 Å². The molecule has 0 bridgehead atoms. The lowest BCUT2D eigenvalue weighted by Gasteiger charge is -2.05. The number of methoxy groups -OCH3 is 1. The van der Waals surface area contributed by atoms with E-state index in [2.05, 4.69) is 42.2 Å². The summed E-state index contributed by atoms with van der Waals surface area (Å²) in [6.07, 6.45) is -0.563. The van der Waals surface area contributed by atoms with E-state index in [0.29, 0.717) is 5.95 Å². The Balaban J connectivity index is 1.52. The number of nitrogens with one attached hydrogen (secondary N) is 2.